The molecule has 1 aromatic heterocycles. The van der Waals surface area contributed by atoms with Crippen molar-refractivity contribution >= 4 is 23.6 Å². The molecule has 0 aliphatic carbocycles. The van der Waals surface area contributed by atoms with Crippen molar-refractivity contribution in [3.8, 4) is 0 Å². The molecule has 0 aromatic carbocycles. The van der Waals surface area contributed by atoms with Crippen molar-refractivity contribution < 1.29 is 14.7 Å². The zero-order valence-electron chi connectivity index (χ0n) is 9.77. The Morgan fingerprint density at radius 3 is 2.53 bits per heavy atom. The maximum absolute atomic E-state index is 11.6. The highest BCUT2D eigenvalue weighted by molar-refractivity contribution is 6.99. The van der Waals surface area contributed by atoms with Gasteiger partial charge in [0.2, 0.25) is 0 Å². The summed E-state index contributed by atoms with van der Waals surface area (Å²) in [5.74, 6) is -1.27. The van der Waals surface area contributed by atoms with E-state index in [2.05, 4.69) is 14.1 Å². The number of hydrogen-bond acceptors (Lipinski definition) is 5. The van der Waals surface area contributed by atoms with Gasteiger partial charge in [0.25, 0.3) is 5.91 Å². The summed E-state index contributed by atoms with van der Waals surface area (Å²) >= 11 is 0.942. The van der Waals surface area contributed by atoms with E-state index in [0.717, 1.165) is 11.7 Å². The summed E-state index contributed by atoms with van der Waals surface area (Å²) in [7, 11) is 0. The van der Waals surface area contributed by atoms with E-state index in [1.165, 1.54) is 6.20 Å². The summed E-state index contributed by atoms with van der Waals surface area (Å²) in [6, 6.07) is 0. The van der Waals surface area contributed by atoms with Crippen LogP contribution in [0.15, 0.2) is 6.20 Å². The van der Waals surface area contributed by atoms with Gasteiger partial charge in [0.15, 0.2) is 5.69 Å². The normalized spacial score (nSPS) is 11.2. The number of carbonyl (C=O) groups is 2. The molecule has 0 unspecified atom stereocenters. The summed E-state index contributed by atoms with van der Waals surface area (Å²) in [4.78, 5) is 22.8. The van der Waals surface area contributed by atoms with Gasteiger partial charge in [-0.15, -0.1) is 0 Å². The van der Waals surface area contributed by atoms with Crippen molar-refractivity contribution in [2.75, 3.05) is 6.54 Å². The van der Waals surface area contributed by atoms with E-state index in [4.69, 9.17) is 0 Å². The first-order valence-electron chi connectivity index (χ1n) is 5.35. The number of carboxylic acid groups (broad SMARTS) is 1. The Morgan fingerprint density at radius 2 is 2.12 bits per heavy atom. The van der Waals surface area contributed by atoms with Gasteiger partial charge >= 0.3 is 5.97 Å². The van der Waals surface area contributed by atoms with Gasteiger partial charge in [0.1, 0.15) is 0 Å². The van der Waals surface area contributed by atoms with Crippen LogP contribution in [0.3, 0.4) is 0 Å². The molecule has 0 radical (unpaired) electrons. The second kappa shape index (κ2) is 5.72. The van der Waals surface area contributed by atoms with Crippen LogP contribution in [0.5, 0.6) is 0 Å². The molecular weight excluding hydrogens is 242 g/mol. The third-order valence-corrected chi connectivity index (χ3v) is 3.47. The van der Waals surface area contributed by atoms with Gasteiger partial charge in [-0.1, -0.05) is 13.8 Å². The molecule has 0 saturated heterocycles. The predicted molar refractivity (Wildman–Crippen MR) is 62.9 cm³/mol. The van der Waals surface area contributed by atoms with Crippen LogP contribution in [0.4, 0.5) is 0 Å². The number of nitrogens with one attached hydrogen (secondary N) is 1. The first-order chi connectivity index (χ1) is 8.05. The molecular formula is C10H15N3O3S. The minimum absolute atomic E-state index is 0.103. The van der Waals surface area contributed by atoms with Crippen molar-refractivity contribution in [1.29, 1.82) is 0 Å². The number of rotatable bonds is 6. The van der Waals surface area contributed by atoms with Crippen LogP contribution in [0.25, 0.3) is 0 Å². The zero-order valence-corrected chi connectivity index (χ0v) is 10.6. The second-order valence-electron chi connectivity index (χ2n) is 3.77. The quantitative estimate of drug-likeness (QED) is 0.797. The molecule has 94 valence electrons. The number of nitrogens with zero attached hydrogens (tertiary/aromatic N) is 2. The molecule has 1 amide bonds. The van der Waals surface area contributed by atoms with E-state index in [9.17, 15) is 14.7 Å². The summed E-state index contributed by atoms with van der Waals surface area (Å²) in [5.41, 5.74) is -0.680. The molecule has 1 heterocycles. The minimum Gasteiger partial charge on any atom is -0.481 e. The molecule has 0 aliphatic heterocycles. The van der Waals surface area contributed by atoms with Gasteiger partial charge in [-0.2, -0.15) is 8.75 Å². The van der Waals surface area contributed by atoms with Crippen LogP contribution in [0, 0.1) is 5.41 Å². The van der Waals surface area contributed by atoms with E-state index >= 15 is 0 Å². The average molecular weight is 257 g/mol. The molecule has 0 atom stereocenters. The van der Waals surface area contributed by atoms with Gasteiger partial charge in [-0.25, -0.2) is 0 Å². The van der Waals surface area contributed by atoms with Crippen LogP contribution >= 0.6 is 11.7 Å². The molecule has 2 N–H and O–H groups in total. The van der Waals surface area contributed by atoms with Crippen molar-refractivity contribution in [2.24, 2.45) is 5.41 Å². The van der Waals surface area contributed by atoms with E-state index < -0.39 is 11.4 Å². The smallest absolute Gasteiger partial charge is 0.311 e. The Morgan fingerprint density at radius 1 is 1.47 bits per heavy atom. The molecule has 0 saturated carbocycles. The Labute approximate surface area is 103 Å². The van der Waals surface area contributed by atoms with E-state index in [-0.39, 0.29) is 18.1 Å². The van der Waals surface area contributed by atoms with Gasteiger partial charge in [0.05, 0.1) is 23.3 Å². The Hall–Kier alpha value is -1.50. The first-order valence-corrected chi connectivity index (χ1v) is 6.08. The van der Waals surface area contributed by atoms with Gasteiger partial charge < -0.3 is 10.4 Å². The summed E-state index contributed by atoms with van der Waals surface area (Å²) < 4.78 is 7.50. The maximum atomic E-state index is 11.6. The van der Waals surface area contributed by atoms with Crippen molar-refractivity contribution in [3.63, 3.8) is 0 Å². The van der Waals surface area contributed by atoms with Crippen LogP contribution in [-0.4, -0.2) is 32.3 Å². The lowest BCUT2D eigenvalue weighted by Gasteiger charge is -2.26. The molecule has 6 nitrogen and oxygen atoms in total. The SMILES string of the molecule is CCC(CC)(CNC(=O)c1cnsn1)C(=O)O. The van der Waals surface area contributed by atoms with Gasteiger partial charge in [0, 0.05) is 6.54 Å². The average Bonchev–Trinajstić information content (AvgIpc) is 2.84. The topological polar surface area (TPSA) is 92.2 Å². The van der Waals surface area contributed by atoms with Crippen LogP contribution in [0.1, 0.15) is 37.2 Å². The Bertz CT molecular complexity index is 388. The van der Waals surface area contributed by atoms with Gasteiger partial charge in [-0.3, -0.25) is 9.59 Å². The van der Waals surface area contributed by atoms with Gasteiger partial charge in [-0.05, 0) is 12.8 Å². The van der Waals surface area contributed by atoms with Crippen molar-refractivity contribution in [2.45, 2.75) is 26.7 Å². The predicted octanol–water partition coefficient (Wildman–Crippen LogP) is 1.16. The van der Waals surface area contributed by atoms with E-state index in [0.29, 0.717) is 12.8 Å². The summed E-state index contributed by atoms with van der Waals surface area (Å²) in [5, 5.41) is 11.8. The van der Waals surface area contributed by atoms with Crippen molar-refractivity contribution in [1.82, 2.24) is 14.1 Å². The van der Waals surface area contributed by atoms with Crippen LogP contribution in [-0.2, 0) is 4.79 Å². The third kappa shape index (κ3) is 3.00. The highest BCUT2D eigenvalue weighted by Gasteiger charge is 2.35. The standard InChI is InChI=1S/C10H15N3O3S/c1-3-10(4-2,9(15)16)6-11-8(14)7-5-12-17-13-7/h5H,3-4,6H2,1-2H3,(H,11,14)(H,15,16). The lowest BCUT2D eigenvalue weighted by atomic mass is 9.82. The fourth-order valence-electron chi connectivity index (χ4n) is 1.48. The molecule has 0 bridgehead atoms. The molecule has 0 spiro atoms. The lowest BCUT2D eigenvalue weighted by molar-refractivity contribution is -0.149. The number of amides is 1. The minimum atomic E-state index is -0.904. The van der Waals surface area contributed by atoms with Crippen LogP contribution < -0.4 is 5.32 Å². The first kappa shape index (κ1) is 13.6. The molecule has 7 heteroatoms. The van der Waals surface area contributed by atoms with E-state index in [1.807, 2.05) is 0 Å². The van der Waals surface area contributed by atoms with Crippen molar-refractivity contribution in [3.05, 3.63) is 11.9 Å². The highest BCUT2D eigenvalue weighted by Crippen LogP contribution is 2.25. The Kier molecular flexibility index (Phi) is 4.56. The fraction of sp³-hybridized carbons (Fsp3) is 0.600. The third-order valence-electron chi connectivity index (χ3n) is 2.99. The zero-order chi connectivity index (χ0) is 12.9. The highest BCUT2D eigenvalue weighted by atomic mass is 32.1. The monoisotopic (exact) mass is 257 g/mol. The number of hydrogen-bond donors (Lipinski definition) is 2. The number of carbonyl (C=O) groups excluding carboxylic acids is 1. The fourth-order valence-corrected chi connectivity index (χ4v) is 1.89. The number of carboxylic acids is 1. The maximum Gasteiger partial charge on any atom is 0.311 e. The molecule has 1 rings (SSSR count). The lowest BCUT2D eigenvalue weighted by Crippen LogP contribution is -2.42. The molecule has 0 aliphatic rings. The molecule has 0 fully saturated rings. The summed E-state index contributed by atoms with van der Waals surface area (Å²) in [6.07, 6.45) is 2.29. The molecule has 17 heavy (non-hydrogen) atoms. The van der Waals surface area contributed by atoms with E-state index in [1.54, 1.807) is 13.8 Å². The van der Waals surface area contributed by atoms with Crippen LogP contribution in [0.2, 0.25) is 0 Å². The number of aromatic nitrogens is 2. The largest absolute Gasteiger partial charge is 0.481 e. The molecule has 1 aromatic rings. The number of aliphatic carboxylic acids is 1. The second-order valence-corrected chi connectivity index (χ2v) is 4.32. The Balaban J connectivity index is 2.65. The summed E-state index contributed by atoms with van der Waals surface area (Å²) in [6.45, 7) is 3.70.